The average Bonchev–Trinajstić information content (AvgIpc) is 2.49. The molecule has 0 atom stereocenters. The summed E-state index contributed by atoms with van der Waals surface area (Å²) in [4.78, 5) is 0. The largest absolute Gasteiger partial charge is 0.496 e. The molecule has 0 fully saturated rings. The van der Waals surface area contributed by atoms with E-state index in [9.17, 15) is 0 Å². The van der Waals surface area contributed by atoms with E-state index in [-0.39, 0.29) is 6.61 Å². The number of hydrogen-bond acceptors (Lipinski definition) is 3. The zero-order chi connectivity index (χ0) is 15.6. The molecule has 0 aliphatic carbocycles. The molecule has 21 heavy (non-hydrogen) atoms. The van der Waals surface area contributed by atoms with Crippen molar-refractivity contribution in [3.8, 4) is 0 Å². The summed E-state index contributed by atoms with van der Waals surface area (Å²) in [5, 5.41) is 8.55. The SMILES string of the molecule is C=C(CCCCCCCCCCCC)OCCOCCO. The lowest BCUT2D eigenvalue weighted by molar-refractivity contribution is 0.0523. The van der Waals surface area contributed by atoms with Crippen LogP contribution in [-0.4, -0.2) is 31.5 Å². The van der Waals surface area contributed by atoms with Crippen LogP contribution in [0.15, 0.2) is 12.3 Å². The van der Waals surface area contributed by atoms with Crippen LogP contribution in [-0.2, 0) is 9.47 Å². The van der Waals surface area contributed by atoms with Crippen molar-refractivity contribution in [3.05, 3.63) is 12.3 Å². The van der Waals surface area contributed by atoms with Gasteiger partial charge in [-0.15, -0.1) is 0 Å². The van der Waals surface area contributed by atoms with E-state index in [1.807, 2.05) is 0 Å². The molecule has 0 saturated heterocycles. The third-order valence-corrected chi connectivity index (χ3v) is 3.58. The fraction of sp³-hybridized carbons (Fsp3) is 0.889. The van der Waals surface area contributed by atoms with Crippen LogP contribution in [0.2, 0.25) is 0 Å². The molecule has 0 amide bonds. The Hall–Kier alpha value is -0.540. The molecule has 0 bridgehead atoms. The van der Waals surface area contributed by atoms with Crippen molar-refractivity contribution in [2.24, 2.45) is 0 Å². The molecule has 0 aromatic rings. The highest BCUT2D eigenvalue weighted by molar-refractivity contribution is 4.81. The fourth-order valence-corrected chi connectivity index (χ4v) is 2.29. The Morgan fingerprint density at radius 3 is 1.95 bits per heavy atom. The van der Waals surface area contributed by atoms with Gasteiger partial charge in [0.1, 0.15) is 6.61 Å². The van der Waals surface area contributed by atoms with Gasteiger partial charge in [-0.1, -0.05) is 71.3 Å². The molecule has 0 saturated carbocycles. The van der Waals surface area contributed by atoms with Gasteiger partial charge in [-0.25, -0.2) is 0 Å². The molecule has 1 N–H and O–H groups in total. The minimum Gasteiger partial charge on any atom is -0.496 e. The van der Waals surface area contributed by atoms with Crippen molar-refractivity contribution in [1.29, 1.82) is 0 Å². The van der Waals surface area contributed by atoms with Crippen LogP contribution in [0.25, 0.3) is 0 Å². The van der Waals surface area contributed by atoms with E-state index >= 15 is 0 Å². The molecule has 0 unspecified atom stereocenters. The highest BCUT2D eigenvalue weighted by atomic mass is 16.5. The first-order valence-corrected chi connectivity index (χ1v) is 8.80. The molecule has 0 rings (SSSR count). The summed E-state index contributed by atoms with van der Waals surface area (Å²) in [7, 11) is 0. The van der Waals surface area contributed by atoms with E-state index in [2.05, 4.69) is 13.5 Å². The van der Waals surface area contributed by atoms with Gasteiger partial charge in [0.2, 0.25) is 0 Å². The number of aliphatic hydroxyl groups excluding tert-OH is 1. The maximum Gasteiger partial charge on any atom is 0.111 e. The number of allylic oxidation sites excluding steroid dienone is 1. The van der Waals surface area contributed by atoms with Crippen molar-refractivity contribution in [3.63, 3.8) is 0 Å². The highest BCUT2D eigenvalue weighted by Crippen LogP contribution is 2.13. The summed E-state index contributed by atoms with van der Waals surface area (Å²) in [6.07, 6.45) is 14.5. The predicted molar refractivity (Wildman–Crippen MR) is 89.5 cm³/mol. The van der Waals surface area contributed by atoms with Crippen LogP contribution in [0.4, 0.5) is 0 Å². The third kappa shape index (κ3) is 17.4. The molecular weight excluding hydrogens is 264 g/mol. The van der Waals surface area contributed by atoms with Gasteiger partial charge in [0.05, 0.1) is 25.6 Å². The molecule has 3 heteroatoms. The van der Waals surface area contributed by atoms with E-state index in [4.69, 9.17) is 14.6 Å². The topological polar surface area (TPSA) is 38.7 Å². The van der Waals surface area contributed by atoms with E-state index < -0.39 is 0 Å². The molecule has 3 nitrogen and oxygen atoms in total. The van der Waals surface area contributed by atoms with Gasteiger partial charge in [-0.2, -0.15) is 0 Å². The maximum absolute atomic E-state index is 8.55. The predicted octanol–water partition coefficient (Wildman–Crippen LogP) is 4.84. The van der Waals surface area contributed by atoms with E-state index in [1.54, 1.807) is 0 Å². The van der Waals surface area contributed by atoms with Crippen molar-refractivity contribution < 1.29 is 14.6 Å². The number of unbranched alkanes of at least 4 members (excludes halogenated alkanes) is 9. The van der Waals surface area contributed by atoms with Gasteiger partial charge < -0.3 is 14.6 Å². The quantitative estimate of drug-likeness (QED) is 0.309. The van der Waals surface area contributed by atoms with Crippen molar-refractivity contribution in [1.82, 2.24) is 0 Å². The summed E-state index contributed by atoms with van der Waals surface area (Å²) in [6, 6.07) is 0. The highest BCUT2D eigenvalue weighted by Gasteiger charge is 1.97. The molecule has 0 spiro atoms. The minimum atomic E-state index is 0.0690. The zero-order valence-electron chi connectivity index (χ0n) is 14.1. The molecular formula is C18H36O3. The van der Waals surface area contributed by atoms with E-state index in [1.165, 1.54) is 64.2 Å². The maximum atomic E-state index is 8.55. The Kier molecular flexibility index (Phi) is 17.1. The summed E-state index contributed by atoms with van der Waals surface area (Å²) < 4.78 is 10.6. The molecule has 0 aliphatic rings. The van der Waals surface area contributed by atoms with Crippen molar-refractivity contribution >= 4 is 0 Å². The van der Waals surface area contributed by atoms with Gasteiger partial charge in [0.15, 0.2) is 0 Å². The summed E-state index contributed by atoms with van der Waals surface area (Å²) in [6.45, 7) is 7.70. The normalized spacial score (nSPS) is 10.8. The van der Waals surface area contributed by atoms with Gasteiger partial charge >= 0.3 is 0 Å². The summed E-state index contributed by atoms with van der Waals surface area (Å²) in [5.74, 6) is 0.863. The number of rotatable bonds is 17. The second-order valence-corrected chi connectivity index (χ2v) is 5.66. The fourth-order valence-electron chi connectivity index (χ4n) is 2.29. The first-order valence-electron chi connectivity index (χ1n) is 8.80. The summed E-state index contributed by atoms with van der Waals surface area (Å²) in [5.41, 5.74) is 0. The Labute approximate surface area is 131 Å². The number of ether oxygens (including phenoxy) is 2. The lowest BCUT2D eigenvalue weighted by Gasteiger charge is -2.09. The number of hydrogen-bond donors (Lipinski definition) is 1. The van der Waals surface area contributed by atoms with Crippen molar-refractivity contribution in [2.75, 3.05) is 26.4 Å². The van der Waals surface area contributed by atoms with Gasteiger partial charge in [-0.3, -0.25) is 0 Å². The molecule has 0 aliphatic heterocycles. The molecule has 0 heterocycles. The lowest BCUT2D eigenvalue weighted by atomic mass is 10.1. The van der Waals surface area contributed by atoms with Crippen LogP contribution in [0.3, 0.4) is 0 Å². The second-order valence-electron chi connectivity index (χ2n) is 5.66. The van der Waals surface area contributed by atoms with Gasteiger partial charge in [0, 0.05) is 6.42 Å². The lowest BCUT2D eigenvalue weighted by Crippen LogP contribution is -2.06. The zero-order valence-corrected chi connectivity index (χ0v) is 14.1. The minimum absolute atomic E-state index is 0.0690. The first-order chi connectivity index (χ1) is 10.3. The Morgan fingerprint density at radius 2 is 1.38 bits per heavy atom. The average molecular weight is 300 g/mol. The van der Waals surface area contributed by atoms with Crippen LogP contribution in [0.1, 0.15) is 77.6 Å². The Bertz CT molecular complexity index is 217. The van der Waals surface area contributed by atoms with E-state index in [0.717, 1.165) is 12.2 Å². The number of aliphatic hydroxyl groups is 1. The van der Waals surface area contributed by atoms with E-state index in [0.29, 0.717) is 19.8 Å². The first kappa shape index (κ1) is 20.5. The Morgan fingerprint density at radius 1 is 0.810 bits per heavy atom. The smallest absolute Gasteiger partial charge is 0.111 e. The van der Waals surface area contributed by atoms with Gasteiger partial charge in [0.25, 0.3) is 0 Å². The molecule has 0 aromatic heterocycles. The second kappa shape index (κ2) is 17.5. The standard InChI is InChI=1S/C18H36O3/c1-3-4-5-6-7-8-9-10-11-12-13-18(2)21-17-16-20-15-14-19/h19H,2-17H2,1H3. The molecule has 126 valence electrons. The monoisotopic (exact) mass is 300 g/mol. The molecule has 0 radical (unpaired) electrons. The van der Waals surface area contributed by atoms with Crippen LogP contribution >= 0.6 is 0 Å². The third-order valence-electron chi connectivity index (χ3n) is 3.58. The summed E-state index contributed by atoms with van der Waals surface area (Å²) >= 11 is 0. The molecule has 0 aromatic carbocycles. The van der Waals surface area contributed by atoms with Crippen LogP contribution < -0.4 is 0 Å². The van der Waals surface area contributed by atoms with Crippen LogP contribution in [0.5, 0.6) is 0 Å². The van der Waals surface area contributed by atoms with Gasteiger partial charge in [-0.05, 0) is 6.42 Å². The van der Waals surface area contributed by atoms with Crippen molar-refractivity contribution in [2.45, 2.75) is 77.6 Å². The van der Waals surface area contributed by atoms with Crippen LogP contribution in [0, 0.1) is 0 Å². The Balaban J connectivity index is 3.11.